The molecule has 6 aromatic rings. The van der Waals surface area contributed by atoms with Crippen LogP contribution in [-0.4, -0.2) is 7.32 Å². The third-order valence-electron chi connectivity index (χ3n) is 6.72. The summed E-state index contributed by atoms with van der Waals surface area (Å²) in [5.41, 5.74) is 19.0. The van der Waals surface area contributed by atoms with Crippen LogP contribution in [0, 0.1) is 0 Å². The molecule has 13 heteroatoms. The van der Waals surface area contributed by atoms with E-state index in [2.05, 4.69) is 0 Å². The molecule has 6 N–H and O–H groups in total. The van der Waals surface area contributed by atoms with Crippen molar-refractivity contribution in [1.29, 1.82) is 0 Å². The molecule has 6 aromatic carbocycles. The van der Waals surface area contributed by atoms with E-state index in [1.54, 1.807) is 127 Å². The van der Waals surface area contributed by atoms with Gasteiger partial charge in [-0.2, -0.15) is 0 Å². The van der Waals surface area contributed by atoms with E-state index in [1.807, 2.05) is 0 Å². The van der Waals surface area contributed by atoms with E-state index in [0.717, 1.165) is 0 Å². The van der Waals surface area contributed by atoms with Gasteiger partial charge < -0.3 is 45.4 Å². The van der Waals surface area contributed by atoms with Crippen LogP contribution in [0.4, 0.5) is 17.1 Å². The Bertz CT molecular complexity index is 1820. The number of rotatable bonds is 12. The van der Waals surface area contributed by atoms with Crippen molar-refractivity contribution in [2.45, 2.75) is 0 Å². The average molecular weight is 715 g/mol. The van der Waals surface area contributed by atoms with Crippen molar-refractivity contribution < 1.29 is 28.2 Å². The number of benzene rings is 6. The Morgan fingerprint density at radius 2 is 0.592 bits per heavy atom. The second-order valence-electron chi connectivity index (χ2n) is 10.4. The first-order chi connectivity index (χ1) is 23.7. The van der Waals surface area contributed by atoms with Crippen molar-refractivity contribution in [3.63, 3.8) is 0 Å². The lowest BCUT2D eigenvalue weighted by Gasteiger charge is -2.17. The van der Waals surface area contributed by atoms with Crippen molar-refractivity contribution >= 4 is 59.2 Å². The van der Waals surface area contributed by atoms with E-state index in [4.69, 9.17) is 80.2 Å². The van der Waals surface area contributed by atoms with Crippen LogP contribution in [0.5, 0.6) is 51.7 Å². The molecular formula is C36H27BCl3N3O6. The van der Waals surface area contributed by atoms with Crippen LogP contribution in [0.2, 0.25) is 15.1 Å². The van der Waals surface area contributed by atoms with E-state index < -0.39 is 7.32 Å². The minimum atomic E-state index is -1.21. The van der Waals surface area contributed by atoms with Crippen LogP contribution in [0.3, 0.4) is 0 Å². The molecule has 0 aliphatic heterocycles. The Labute approximate surface area is 297 Å². The molecule has 6 rings (SSSR count). The summed E-state index contributed by atoms with van der Waals surface area (Å²) in [7, 11) is -1.21. The maximum Gasteiger partial charge on any atom is 0.864 e. The molecule has 246 valence electrons. The van der Waals surface area contributed by atoms with Crippen molar-refractivity contribution in [3.05, 3.63) is 142 Å². The molecule has 0 aliphatic rings. The molecule has 0 bridgehead atoms. The minimum Gasteiger partial charge on any atom is -0.490 e. The van der Waals surface area contributed by atoms with Crippen molar-refractivity contribution in [2.24, 2.45) is 0 Å². The number of nitrogen functional groups attached to an aromatic ring is 3. The van der Waals surface area contributed by atoms with E-state index in [9.17, 15) is 0 Å². The second-order valence-corrected chi connectivity index (χ2v) is 11.7. The number of halogens is 3. The van der Waals surface area contributed by atoms with Gasteiger partial charge >= 0.3 is 7.32 Å². The van der Waals surface area contributed by atoms with Crippen molar-refractivity contribution in [3.8, 4) is 51.7 Å². The fourth-order valence-corrected chi connectivity index (χ4v) is 5.03. The fraction of sp³-hybridized carbons (Fsp3) is 0. The third-order valence-corrected chi connectivity index (χ3v) is 7.61. The van der Waals surface area contributed by atoms with Gasteiger partial charge in [-0.15, -0.1) is 0 Å². The van der Waals surface area contributed by atoms with Crippen LogP contribution < -0.4 is 45.4 Å². The molecule has 0 saturated heterocycles. The smallest absolute Gasteiger partial charge is 0.490 e. The number of hydrogen-bond donors (Lipinski definition) is 3. The van der Waals surface area contributed by atoms with Crippen molar-refractivity contribution in [1.82, 2.24) is 0 Å². The molecule has 0 heterocycles. The van der Waals surface area contributed by atoms with Gasteiger partial charge in [-0.1, -0.05) is 34.8 Å². The molecule has 0 aliphatic carbocycles. The molecule has 9 nitrogen and oxygen atoms in total. The molecule has 0 atom stereocenters. The minimum absolute atomic E-state index is 0.392. The predicted molar refractivity (Wildman–Crippen MR) is 195 cm³/mol. The second kappa shape index (κ2) is 15.1. The molecule has 0 amide bonds. The Hall–Kier alpha value is -5.55. The summed E-state index contributed by atoms with van der Waals surface area (Å²) in [6, 6.07) is 35.6. The fourth-order valence-electron chi connectivity index (χ4n) is 4.34. The van der Waals surface area contributed by atoms with Gasteiger partial charge in [0.05, 0.1) is 15.1 Å². The average Bonchev–Trinajstić information content (AvgIpc) is 3.07. The molecule has 0 aromatic heterocycles. The summed E-state index contributed by atoms with van der Waals surface area (Å²) in [6.45, 7) is 0. The molecular weight excluding hydrogens is 688 g/mol. The lowest BCUT2D eigenvalue weighted by Crippen LogP contribution is -2.36. The van der Waals surface area contributed by atoms with Crippen LogP contribution in [0.15, 0.2) is 127 Å². The largest absolute Gasteiger partial charge is 0.864 e. The Morgan fingerprint density at radius 1 is 0.347 bits per heavy atom. The van der Waals surface area contributed by atoms with Crippen molar-refractivity contribution in [2.75, 3.05) is 17.2 Å². The molecule has 0 unspecified atom stereocenters. The van der Waals surface area contributed by atoms with Crippen LogP contribution >= 0.6 is 34.8 Å². The van der Waals surface area contributed by atoms with E-state index in [1.165, 1.54) is 0 Å². The first-order valence-electron chi connectivity index (χ1n) is 14.7. The monoisotopic (exact) mass is 713 g/mol. The van der Waals surface area contributed by atoms with Crippen LogP contribution in [0.1, 0.15) is 0 Å². The highest BCUT2D eigenvalue weighted by Gasteiger charge is 2.30. The van der Waals surface area contributed by atoms with Gasteiger partial charge in [-0.25, -0.2) is 0 Å². The summed E-state index contributed by atoms with van der Waals surface area (Å²) in [5.74, 6) is 4.32. The van der Waals surface area contributed by atoms with Gasteiger partial charge in [0.15, 0.2) is 0 Å². The SMILES string of the molecule is Nc1ccc(Oc2ccc(OB(Oc3ccc(Oc4ccc(N)cc4Cl)cc3)Oc3ccc(Oc4ccc(N)cc4Cl)cc3)cc2)c(Cl)c1. The first-order valence-corrected chi connectivity index (χ1v) is 15.8. The van der Waals surface area contributed by atoms with Gasteiger partial charge in [0.1, 0.15) is 51.7 Å². The highest BCUT2D eigenvalue weighted by atomic mass is 35.5. The standard InChI is InChI=1S/C36H27BCl3N3O6/c38-31-19-22(41)1-16-34(31)44-25-4-10-28(11-5-25)47-37(48-29-12-6-26(7-13-29)45-35-17-2-23(42)20-32(35)39)49-30-14-8-27(9-15-30)46-36-18-3-24(43)21-33(36)40/h1-21H,41-43H2. The number of anilines is 3. The summed E-state index contributed by atoms with van der Waals surface area (Å²) < 4.78 is 36.0. The normalized spacial score (nSPS) is 10.6. The van der Waals surface area contributed by atoms with Gasteiger partial charge in [0.25, 0.3) is 0 Å². The van der Waals surface area contributed by atoms with Crippen LogP contribution in [0.25, 0.3) is 0 Å². The Morgan fingerprint density at radius 3 is 0.837 bits per heavy atom. The van der Waals surface area contributed by atoms with E-state index >= 15 is 0 Å². The third kappa shape index (κ3) is 9.08. The van der Waals surface area contributed by atoms with Gasteiger partial charge in [0, 0.05) is 17.1 Å². The molecule has 0 spiro atoms. The number of ether oxygens (including phenoxy) is 3. The lowest BCUT2D eigenvalue weighted by molar-refractivity contribution is 0.306. The van der Waals surface area contributed by atoms with E-state index in [-0.39, 0.29) is 0 Å². The maximum absolute atomic E-state index is 6.26. The zero-order valence-corrected chi connectivity index (χ0v) is 27.8. The van der Waals surface area contributed by atoms with Gasteiger partial charge in [0.2, 0.25) is 0 Å². The number of nitrogens with two attached hydrogens (primary N) is 3. The zero-order valence-electron chi connectivity index (χ0n) is 25.5. The summed E-state index contributed by atoms with van der Waals surface area (Å²) >= 11 is 18.8. The highest BCUT2D eigenvalue weighted by Crippen LogP contribution is 2.35. The van der Waals surface area contributed by atoms with Gasteiger partial charge in [-0.3, -0.25) is 0 Å². The first kappa shape index (κ1) is 33.4. The topological polar surface area (TPSA) is 133 Å². The highest BCUT2D eigenvalue weighted by molar-refractivity contribution is 6.39. The maximum atomic E-state index is 6.26. The zero-order chi connectivity index (χ0) is 34.3. The predicted octanol–water partition coefficient (Wildman–Crippen LogP) is 10.3. The summed E-state index contributed by atoms with van der Waals surface area (Å²) in [5, 5.41) is 1.18. The van der Waals surface area contributed by atoms with Gasteiger partial charge in [-0.05, 0) is 127 Å². The Balaban J connectivity index is 1.17. The Kier molecular flexibility index (Phi) is 10.3. The summed E-state index contributed by atoms with van der Waals surface area (Å²) in [4.78, 5) is 0. The molecule has 0 saturated carbocycles. The number of hydrogen-bond acceptors (Lipinski definition) is 9. The summed E-state index contributed by atoms with van der Waals surface area (Å²) in [6.07, 6.45) is 0. The lowest BCUT2D eigenvalue weighted by atomic mass is 10.2. The molecule has 49 heavy (non-hydrogen) atoms. The molecule has 0 fully saturated rings. The van der Waals surface area contributed by atoms with E-state index in [0.29, 0.717) is 83.9 Å². The quantitative estimate of drug-likeness (QED) is 0.0836. The molecule has 0 radical (unpaired) electrons. The van der Waals surface area contributed by atoms with Crippen LogP contribution in [-0.2, 0) is 0 Å².